The summed E-state index contributed by atoms with van der Waals surface area (Å²) in [7, 11) is 0. The van der Waals surface area contributed by atoms with Crippen LogP contribution in [0.3, 0.4) is 0 Å². The van der Waals surface area contributed by atoms with Gasteiger partial charge in [-0.05, 0) is 36.8 Å². The Morgan fingerprint density at radius 1 is 1.33 bits per heavy atom. The molecular formula is C14H14ClFN2. The Bertz CT molecular complexity index is 531. The van der Waals surface area contributed by atoms with Crippen LogP contribution in [0.25, 0.3) is 0 Å². The minimum absolute atomic E-state index is 0.248. The highest BCUT2D eigenvalue weighted by molar-refractivity contribution is 6.17. The van der Waals surface area contributed by atoms with Crippen LogP contribution in [0.15, 0.2) is 42.7 Å². The maximum absolute atomic E-state index is 13.3. The summed E-state index contributed by atoms with van der Waals surface area (Å²) in [6.07, 6.45) is 3.47. The highest BCUT2D eigenvalue weighted by Crippen LogP contribution is 2.28. The van der Waals surface area contributed by atoms with Gasteiger partial charge in [0.2, 0.25) is 0 Å². The Balaban J connectivity index is 2.45. The molecule has 0 atom stereocenters. The van der Waals surface area contributed by atoms with E-state index in [4.69, 9.17) is 11.6 Å². The maximum atomic E-state index is 13.3. The molecule has 1 aromatic carbocycles. The van der Waals surface area contributed by atoms with Gasteiger partial charge >= 0.3 is 0 Å². The third kappa shape index (κ3) is 2.62. The molecule has 0 amide bonds. The zero-order valence-corrected chi connectivity index (χ0v) is 10.9. The van der Waals surface area contributed by atoms with E-state index in [1.165, 1.54) is 12.1 Å². The molecule has 94 valence electrons. The van der Waals surface area contributed by atoms with Crippen LogP contribution in [0.4, 0.5) is 15.8 Å². The second kappa shape index (κ2) is 5.83. The average molecular weight is 265 g/mol. The van der Waals surface area contributed by atoms with Crippen molar-refractivity contribution in [3.8, 4) is 0 Å². The van der Waals surface area contributed by atoms with Crippen LogP contribution < -0.4 is 4.90 Å². The predicted molar refractivity (Wildman–Crippen MR) is 72.9 cm³/mol. The molecule has 18 heavy (non-hydrogen) atoms. The molecule has 0 aliphatic heterocycles. The molecule has 0 spiro atoms. The minimum Gasteiger partial charge on any atom is -0.340 e. The fourth-order valence-electron chi connectivity index (χ4n) is 1.91. The van der Waals surface area contributed by atoms with Crippen LogP contribution in [0, 0.1) is 5.82 Å². The average Bonchev–Trinajstić information content (AvgIpc) is 2.40. The standard InChI is InChI=1S/C14H14ClFN2/c1-2-18(13-5-3-4-12(16)8-13)14-10-17-7-6-11(14)9-15/h3-8,10H,2,9H2,1H3. The van der Waals surface area contributed by atoms with E-state index in [0.717, 1.165) is 23.5 Å². The number of rotatable bonds is 4. The molecule has 0 bridgehead atoms. The van der Waals surface area contributed by atoms with Crippen molar-refractivity contribution in [1.29, 1.82) is 0 Å². The van der Waals surface area contributed by atoms with Crippen molar-refractivity contribution >= 4 is 23.0 Å². The molecule has 0 fully saturated rings. The van der Waals surface area contributed by atoms with Gasteiger partial charge in [0.1, 0.15) is 5.82 Å². The first-order chi connectivity index (χ1) is 8.76. The van der Waals surface area contributed by atoms with Crippen molar-refractivity contribution in [1.82, 2.24) is 4.98 Å². The summed E-state index contributed by atoms with van der Waals surface area (Å²) < 4.78 is 13.3. The highest BCUT2D eigenvalue weighted by Gasteiger charge is 2.11. The normalized spacial score (nSPS) is 10.4. The lowest BCUT2D eigenvalue weighted by molar-refractivity contribution is 0.627. The molecule has 0 aliphatic carbocycles. The van der Waals surface area contributed by atoms with Crippen molar-refractivity contribution in [2.45, 2.75) is 12.8 Å². The Morgan fingerprint density at radius 2 is 2.17 bits per heavy atom. The van der Waals surface area contributed by atoms with E-state index < -0.39 is 0 Å². The quantitative estimate of drug-likeness (QED) is 0.773. The molecule has 4 heteroatoms. The lowest BCUT2D eigenvalue weighted by Crippen LogP contribution is -2.17. The number of aromatic nitrogens is 1. The Hall–Kier alpha value is -1.61. The summed E-state index contributed by atoms with van der Waals surface area (Å²) in [6.45, 7) is 2.73. The van der Waals surface area contributed by atoms with Crippen molar-refractivity contribution in [2.75, 3.05) is 11.4 Å². The van der Waals surface area contributed by atoms with E-state index in [2.05, 4.69) is 4.98 Å². The fraction of sp³-hybridized carbons (Fsp3) is 0.214. The van der Waals surface area contributed by atoms with Crippen molar-refractivity contribution < 1.29 is 4.39 Å². The number of alkyl halides is 1. The van der Waals surface area contributed by atoms with Crippen LogP contribution in [0.1, 0.15) is 12.5 Å². The number of pyridine rings is 1. The van der Waals surface area contributed by atoms with Gasteiger partial charge in [-0.2, -0.15) is 0 Å². The lowest BCUT2D eigenvalue weighted by atomic mass is 10.2. The van der Waals surface area contributed by atoms with Gasteiger partial charge in [-0.3, -0.25) is 4.98 Å². The third-order valence-corrected chi connectivity index (χ3v) is 3.05. The van der Waals surface area contributed by atoms with Crippen LogP contribution in [0.5, 0.6) is 0 Å². The van der Waals surface area contributed by atoms with E-state index in [1.807, 2.05) is 24.0 Å². The smallest absolute Gasteiger partial charge is 0.125 e. The van der Waals surface area contributed by atoms with Crippen LogP contribution >= 0.6 is 11.6 Å². The van der Waals surface area contributed by atoms with Gasteiger partial charge < -0.3 is 4.90 Å². The number of anilines is 2. The molecular weight excluding hydrogens is 251 g/mol. The number of hydrogen-bond donors (Lipinski definition) is 0. The molecule has 0 aliphatic rings. The zero-order valence-electron chi connectivity index (χ0n) is 10.1. The van der Waals surface area contributed by atoms with Crippen molar-refractivity contribution in [3.63, 3.8) is 0 Å². The first-order valence-corrected chi connectivity index (χ1v) is 6.31. The second-order valence-corrected chi connectivity index (χ2v) is 4.13. The molecule has 1 aromatic heterocycles. The SMILES string of the molecule is CCN(c1cccc(F)c1)c1cnccc1CCl. The summed E-state index contributed by atoms with van der Waals surface area (Å²) >= 11 is 5.92. The van der Waals surface area contributed by atoms with Crippen LogP contribution in [0.2, 0.25) is 0 Å². The Labute approximate surface area is 111 Å². The van der Waals surface area contributed by atoms with E-state index in [-0.39, 0.29) is 5.82 Å². The van der Waals surface area contributed by atoms with Crippen LogP contribution in [-0.4, -0.2) is 11.5 Å². The van der Waals surface area contributed by atoms with E-state index in [0.29, 0.717) is 5.88 Å². The number of hydrogen-bond acceptors (Lipinski definition) is 2. The summed E-state index contributed by atoms with van der Waals surface area (Å²) in [5.74, 6) is 0.159. The number of halogens is 2. The van der Waals surface area contributed by atoms with Gasteiger partial charge in [0.15, 0.2) is 0 Å². The maximum Gasteiger partial charge on any atom is 0.125 e. The molecule has 0 unspecified atom stereocenters. The zero-order chi connectivity index (χ0) is 13.0. The molecule has 0 N–H and O–H groups in total. The van der Waals surface area contributed by atoms with Gasteiger partial charge in [0.25, 0.3) is 0 Å². The number of benzene rings is 1. The third-order valence-electron chi connectivity index (χ3n) is 2.76. The van der Waals surface area contributed by atoms with Gasteiger partial charge in [0.05, 0.1) is 11.9 Å². The molecule has 0 saturated carbocycles. The summed E-state index contributed by atoms with van der Waals surface area (Å²) in [6, 6.07) is 8.39. The highest BCUT2D eigenvalue weighted by atomic mass is 35.5. The van der Waals surface area contributed by atoms with Gasteiger partial charge in [-0.15, -0.1) is 11.6 Å². The molecule has 0 saturated heterocycles. The molecule has 2 nitrogen and oxygen atoms in total. The Kier molecular flexibility index (Phi) is 4.15. The van der Waals surface area contributed by atoms with Gasteiger partial charge in [0, 0.05) is 24.3 Å². The molecule has 2 aromatic rings. The minimum atomic E-state index is -0.248. The van der Waals surface area contributed by atoms with Crippen molar-refractivity contribution in [2.24, 2.45) is 0 Å². The molecule has 1 heterocycles. The topological polar surface area (TPSA) is 16.1 Å². The summed E-state index contributed by atoms with van der Waals surface area (Å²) in [5.41, 5.74) is 2.70. The van der Waals surface area contributed by atoms with Crippen LogP contribution in [-0.2, 0) is 5.88 Å². The first-order valence-electron chi connectivity index (χ1n) is 5.78. The Morgan fingerprint density at radius 3 is 2.83 bits per heavy atom. The van der Waals surface area contributed by atoms with E-state index in [1.54, 1.807) is 18.5 Å². The van der Waals surface area contributed by atoms with E-state index in [9.17, 15) is 4.39 Å². The van der Waals surface area contributed by atoms with E-state index >= 15 is 0 Å². The first kappa shape index (κ1) is 12.8. The molecule has 2 rings (SSSR count). The monoisotopic (exact) mass is 264 g/mol. The van der Waals surface area contributed by atoms with Gasteiger partial charge in [-0.25, -0.2) is 4.39 Å². The fourth-order valence-corrected chi connectivity index (χ4v) is 2.13. The molecule has 0 radical (unpaired) electrons. The predicted octanol–water partition coefficient (Wildman–Crippen LogP) is 4.12. The van der Waals surface area contributed by atoms with Gasteiger partial charge in [-0.1, -0.05) is 6.07 Å². The summed E-state index contributed by atoms with van der Waals surface area (Å²) in [5, 5.41) is 0. The number of nitrogens with zero attached hydrogens (tertiary/aromatic N) is 2. The largest absolute Gasteiger partial charge is 0.340 e. The summed E-state index contributed by atoms with van der Waals surface area (Å²) in [4.78, 5) is 6.11. The second-order valence-electron chi connectivity index (χ2n) is 3.86. The lowest BCUT2D eigenvalue weighted by Gasteiger charge is -2.25. The van der Waals surface area contributed by atoms with Crippen molar-refractivity contribution in [3.05, 3.63) is 54.1 Å².